The molecule has 0 unspecified atom stereocenters. The van der Waals surface area contributed by atoms with Crippen LogP contribution < -0.4 is 5.32 Å². The summed E-state index contributed by atoms with van der Waals surface area (Å²) in [5, 5.41) is 31.1. The van der Waals surface area contributed by atoms with Crippen LogP contribution in [0.5, 0.6) is 5.75 Å². The zero-order chi connectivity index (χ0) is 13.7. The normalized spacial score (nSPS) is 12.3. The highest BCUT2D eigenvalue weighted by Gasteiger charge is 2.09. The first-order valence-electron chi connectivity index (χ1n) is 5.28. The van der Waals surface area contributed by atoms with Gasteiger partial charge < -0.3 is 20.6 Å². The second kappa shape index (κ2) is 5.77. The molecule has 5 heteroatoms. The third kappa shape index (κ3) is 3.04. The summed E-state index contributed by atoms with van der Waals surface area (Å²) in [6, 6.07) is 4.86. The first-order chi connectivity index (χ1) is 8.47. The lowest BCUT2D eigenvalue weighted by Gasteiger charge is -2.08. The van der Waals surface area contributed by atoms with Crippen molar-refractivity contribution < 1.29 is 20.1 Å². The number of aliphatic carboxylic acids is 1. The largest absolute Gasteiger partial charge is 0.507 e. The van der Waals surface area contributed by atoms with Crippen molar-refractivity contribution in [1.82, 2.24) is 0 Å². The van der Waals surface area contributed by atoms with Crippen LogP contribution in [0.15, 0.2) is 35.9 Å². The van der Waals surface area contributed by atoms with Crippen molar-refractivity contribution in [2.45, 2.75) is 6.92 Å². The van der Waals surface area contributed by atoms with Gasteiger partial charge in [0.1, 0.15) is 11.5 Å². The molecular weight excluding hydrogens is 234 g/mol. The Morgan fingerprint density at radius 3 is 2.50 bits per heavy atom. The van der Waals surface area contributed by atoms with E-state index in [2.05, 4.69) is 5.32 Å². The van der Waals surface area contributed by atoms with E-state index in [0.717, 1.165) is 0 Å². The number of carboxylic acids is 1. The molecule has 0 radical (unpaired) electrons. The Balaban J connectivity index is 3.11. The van der Waals surface area contributed by atoms with Gasteiger partial charge in [0.05, 0.1) is 11.3 Å². The van der Waals surface area contributed by atoms with Crippen molar-refractivity contribution in [3.8, 4) is 5.75 Å². The van der Waals surface area contributed by atoms with E-state index in [1.54, 1.807) is 19.2 Å². The van der Waals surface area contributed by atoms with E-state index < -0.39 is 5.97 Å². The van der Waals surface area contributed by atoms with E-state index in [4.69, 9.17) is 5.11 Å². The predicted molar refractivity (Wildman–Crippen MR) is 69.7 cm³/mol. The Morgan fingerprint density at radius 1 is 1.28 bits per heavy atom. The van der Waals surface area contributed by atoms with Gasteiger partial charge >= 0.3 is 5.97 Å². The fraction of sp³-hybridized carbons (Fsp3) is 0.154. The molecule has 1 aromatic carbocycles. The summed E-state index contributed by atoms with van der Waals surface area (Å²) in [5.41, 5.74) is 0.800. The number of phenols is 1. The quantitative estimate of drug-likeness (QED) is 0.285. The molecular formula is C13H15NO4. The van der Waals surface area contributed by atoms with Gasteiger partial charge in [-0.3, -0.25) is 0 Å². The molecule has 96 valence electrons. The molecule has 0 saturated heterocycles. The number of carboxylic acid groups (broad SMARTS) is 1. The molecule has 5 nitrogen and oxygen atoms in total. The van der Waals surface area contributed by atoms with Crippen molar-refractivity contribution in [3.63, 3.8) is 0 Å². The fourth-order valence-corrected chi connectivity index (χ4v) is 1.32. The Bertz CT molecular complexity index is 518. The van der Waals surface area contributed by atoms with Crippen LogP contribution in [0, 0.1) is 0 Å². The Hall–Kier alpha value is -2.43. The minimum atomic E-state index is -1.06. The number of allylic oxidation sites excluding steroid dienone is 2. The third-order valence-corrected chi connectivity index (χ3v) is 2.41. The molecule has 1 rings (SSSR count). The van der Waals surface area contributed by atoms with Crippen LogP contribution in [0.2, 0.25) is 0 Å². The number of carbonyl (C=O) groups is 1. The smallest absolute Gasteiger partial charge is 0.331 e. The molecule has 0 saturated carbocycles. The summed E-state index contributed by atoms with van der Waals surface area (Å²) in [6.45, 7) is 1.41. The minimum absolute atomic E-state index is 0.0878. The van der Waals surface area contributed by atoms with Gasteiger partial charge in [-0.1, -0.05) is 6.07 Å². The highest BCUT2D eigenvalue weighted by molar-refractivity contribution is 5.86. The van der Waals surface area contributed by atoms with Crippen LogP contribution in [-0.2, 0) is 4.79 Å². The van der Waals surface area contributed by atoms with Crippen molar-refractivity contribution in [3.05, 3.63) is 41.5 Å². The van der Waals surface area contributed by atoms with E-state index in [9.17, 15) is 15.0 Å². The van der Waals surface area contributed by atoms with Crippen LogP contribution in [0.3, 0.4) is 0 Å². The third-order valence-electron chi connectivity index (χ3n) is 2.41. The number of hydrogen-bond acceptors (Lipinski definition) is 4. The summed E-state index contributed by atoms with van der Waals surface area (Å²) in [6.07, 6.45) is 2.50. The molecule has 0 bridgehead atoms. The van der Waals surface area contributed by atoms with E-state index in [1.807, 2.05) is 0 Å². The van der Waals surface area contributed by atoms with Crippen molar-refractivity contribution in [2.24, 2.45) is 0 Å². The molecule has 0 aliphatic heterocycles. The minimum Gasteiger partial charge on any atom is -0.507 e. The van der Waals surface area contributed by atoms with Crippen LogP contribution in [0.25, 0.3) is 5.76 Å². The van der Waals surface area contributed by atoms with E-state index in [1.165, 1.54) is 25.1 Å². The number of hydrogen-bond donors (Lipinski definition) is 4. The molecule has 0 atom stereocenters. The maximum atomic E-state index is 10.6. The van der Waals surface area contributed by atoms with Crippen molar-refractivity contribution >= 4 is 17.4 Å². The molecule has 18 heavy (non-hydrogen) atoms. The summed E-state index contributed by atoms with van der Waals surface area (Å²) in [7, 11) is 1.65. The predicted octanol–water partition coefficient (Wildman–Crippen LogP) is 2.36. The van der Waals surface area contributed by atoms with Gasteiger partial charge in [-0.15, -0.1) is 0 Å². The Morgan fingerprint density at radius 2 is 1.94 bits per heavy atom. The Kier molecular flexibility index (Phi) is 4.37. The second-order valence-electron chi connectivity index (χ2n) is 3.66. The number of anilines is 1. The first-order valence-corrected chi connectivity index (χ1v) is 5.28. The molecule has 0 aliphatic carbocycles. The number of benzene rings is 1. The standard InChI is InChI=1S/C13H15NO4/c1-8(13(17)18)6-7-11(15)9-4-3-5-10(14-2)12(9)16/h3-7,14-16H,1-2H3,(H,17,18)/b8-6+,11-7-. The number of aliphatic hydroxyl groups excluding tert-OH is 1. The lowest BCUT2D eigenvalue weighted by atomic mass is 10.1. The molecule has 0 amide bonds. The summed E-state index contributed by atoms with van der Waals surface area (Å²) < 4.78 is 0. The maximum absolute atomic E-state index is 10.6. The SMILES string of the molecule is CNc1cccc(/C(O)=C/C=C(\C)C(=O)O)c1O. The maximum Gasteiger partial charge on any atom is 0.331 e. The van der Waals surface area contributed by atoms with Crippen LogP contribution in [0.4, 0.5) is 5.69 Å². The van der Waals surface area contributed by atoms with E-state index in [-0.39, 0.29) is 22.6 Å². The van der Waals surface area contributed by atoms with Gasteiger partial charge in [0.25, 0.3) is 0 Å². The van der Waals surface area contributed by atoms with Gasteiger partial charge in [-0.05, 0) is 31.2 Å². The van der Waals surface area contributed by atoms with Gasteiger partial charge in [0, 0.05) is 12.6 Å². The monoisotopic (exact) mass is 249 g/mol. The number of nitrogens with one attached hydrogen (secondary N) is 1. The highest BCUT2D eigenvalue weighted by atomic mass is 16.4. The summed E-state index contributed by atoms with van der Waals surface area (Å²) in [4.78, 5) is 10.6. The lowest BCUT2D eigenvalue weighted by Crippen LogP contribution is -1.95. The van der Waals surface area contributed by atoms with Gasteiger partial charge in [-0.25, -0.2) is 4.79 Å². The highest BCUT2D eigenvalue weighted by Crippen LogP contribution is 2.31. The van der Waals surface area contributed by atoms with Crippen LogP contribution in [0.1, 0.15) is 12.5 Å². The molecule has 0 aromatic heterocycles. The topological polar surface area (TPSA) is 89.8 Å². The number of rotatable bonds is 4. The zero-order valence-corrected chi connectivity index (χ0v) is 10.1. The number of para-hydroxylation sites is 1. The molecule has 0 spiro atoms. The number of phenolic OH excluding ortho intramolecular Hbond substituents is 1. The van der Waals surface area contributed by atoms with Crippen molar-refractivity contribution in [1.29, 1.82) is 0 Å². The van der Waals surface area contributed by atoms with Crippen LogP contribution in [-0.4, -0.2) is 28.3 Å². The summed E-state index contributed by atoms with van der Waals surface area (Å²) >= 11 is 0. The number of aromatic hydroxyl groups is 1. The van der Waals surface area contributed by atoms with Gasteiger partial charge in [0.15, 0.2) is 0 Å². The number of aliphatic hydroxyl groups is 1. The average molecular weight is 249 g/mol. The average Bonchev–Trinajstić information content (AvgIpc) is 2.35. The van der Waals surface area contributed by atoms with E-state index >= 15 is 0 Å². The molecule has 0 fully saturated rings. The second-order valence-corrected chi connectivity index (χ2v) is 3.66. The lowest BCUT2D eigenvalue weighted by molar-refractivity contribution is -0.132. The first kappa shape index (κ1) is 13.6. The summed E-state index contributed by atoms with van der Waals surface area (Å²) in [5.74, 6) is -1.35. The molecule has 0 heterocycles. The van der Waals surface area contributed by atoms with Gasteiger partial charge in [-0.2, -0.15) is 0 Å². The molecule has 1 aromatic rings. The Labute approximate surface area is 105 Å². The zero-order valence-electron chi connectivity index (χ0n) is 10.1. The van der Waals surface area contributed by atoms with Crippen molar-refractivity contribution in [2.75, 3.05) is 12.4 Å². The van der Waals surface area contributed by atoms with Crippen LogP contribution >= 0.6 is 0 Å². The molecule has 0 aliphatic rings. The van der Waals surface area contributed by atoms with Gasteiger partial charge in [0.2, 0.25) is 0 Å². The fourth-order valence-electron chi connectivity index (χ4n) is 1.32. The molecule has 4 N–H and O–H groups in total. The van der Waals surface area contributed by atoms with E-state index in [0.29, 0.717) is 5.69 Å².